The van der Waals surface area contributed by atoms with Crippen molar-refractivity contribution in [1.29, 1.82) is 0 Å². The second-order valence-electron chi connectivity index (χ2n) is 5.99. The minimum absolute atomic E-state index is 0.232. The standard InChI is InChI=1S/C20H17BrO3/c21-17-11-12-19(22,16-9-5-2-6-10-16)20(13-17)23-14-18(24-20)15-7-3-1-4-8-15/h1-13,18,22H,14H2/t18-,19+,20-/m0/s1. The number of allylic oxidation sites excluding steroid dienone is 2. The first-order valence-electron chi connectivity index (χ1n) is 7.85. The van der Waals surface area contributed by atoms with E-state index in [1.165, 1.54) is 0 Å². The van der Waals surface area contributed by atoms with Crippen molar-refractivity contribution in [3.8, 4) is 0 Å². The van der Waals surface area contributed by atoms with Crippen LogP contribution in [-0.4, -0.2) is 17.5 Å². The fraction of sp³-hybridized carbons (Fsp3) is 0.200. The van der Waals surface area contributed by atoms with Crippen LogP contribution in [0.25, 0.3) is 0 Å². The minimum Gasteiger partial charge on any atom is -0.375 e. The number of halogens is 1. The average Bonchev–Trinajstić information content (AvgIpc) is 3.05. The summed E-state index contributed by atoms with van der Waals surface area (Å²) in [5, 5.41) is 11.5. The Kier molecular flexibility index (Phi) is 3.93. The van der Waals surface area contributed by atoms with Crippen molar-refractivity contribution >= 4 is 15.9 Å². The van der Waals surface area contributed by atoms with Crippen LogP contribution >= 0.6 is 15.9 Å². The van der Waals surface area contributed by atoms with Crippen LogP contribution in [0, 0.1) is 0 Å². The molecule has 122 valence electrons. The Bertz CT molecular complexity index is 787. The largest absolute Gasteiger partial charge is 0.375 e. The molecule has 4 rings (SSSR count). The Morgan fingerprint density at radius 1 is 1.00 bits per heavy atom. The van der Waals surface area contributed by atoms with Crippen LogP contribution in [-0.2, 0) is 15.1 Å². The molecule has 1 fully saturated rings. The van der Waals surface area contributed by atoms with E-state index in [4.69, 9.17) is 9.47 Å². The van der Waals surface area contributed by atoms with Crippen LogP contribution < -0.4 is 0 Å². The van der Waals surface area contributed by atoms with E-state index in [2.05, 4.69) is 15.9 Å². The van der Waals surface area contributed by atoms with E-state index in [0.29, 0.717) is 6.61 Å². The molecule has 2 aromatic carbocycles. The second kappa shape index (κ2) is 5.97. The molecule has 3 nitrogen and oxygen atoms in total. The quantitative estimate of drug-likeness (QED) is 0.842. The first-order valence-corrected chi connectivity index (χ1v) is 8.64. The van der Waals surface area contributed by atoms with Crippen molar-refractivity contribution in [2.45, 2.75) is 17.5 Å². The lowest BCUT2D eigenvalue weighted by atomic mass is 9.82. The number of hydrogen-bond donors (Lipinski definition) is 1. The Morgan fingerprint density at radius 2 is 1.67 bits per heavy atom. The lowest BCUT2D eigenvalue weighted by molar-refractivity contribution is -0.233. The highest BCUT2D eigenvalue weighted by Gasteiger charge is 2.57. The molecule has 1 spiro atoms. The monoisotopic (exact) mass is 384 g/mol. The molecule has 2 aromatic rings. The topological polar surface area (TPSA) is 38.7 Å². The summed E-state index contributed by atoms with van der Waals surface area (Å²) >= 11 is 3.48. The van der Waals surface area contributed by atoms with Gasteiger partial charge in [0, 0.05) is 4.48 Å². The van der Waals surface area contributed by atoms with E-state index in [0.717, 1.165) is 15.6 Å². The Labute approximate surface area is 149 Å². The van der Waals surface area contributed by atoms with Gasteiger partial charge in [-0.15, -0.1) is 0 Å². The molecule has 0 bridgehead atoms. The van der Waals surface area contributed by atoms with Gasteiger partial charge >= 0.3 is 0 Å². The maximum atomic E-state index is 11.5. The molecule has 3 atom stereocenters. The van der Waals surface area contributed by atoms with Gasteiger partial charge in [0.25, 0.3) is 0 Å². The highest BCUT2D eigenvalue weighted by molar-refractivity contribution is 9.11. The summed E-state index contributed by atoms with van der Waals surface area (Å²) in [5.41, 5.74) is 0.366. The first kappa shape index (κ1) is 15.8. The third-order valence-corrected chi connectivity index (χ3v) is 4.99. The molecule has 1 aliphatic carbocycles. The van der Waals surface area contributed by atoms with Gasteiger partial charge in [-0.25, -0.2) is 0 Å². The second-order valence-corrected chi connectivity index (χ2v) is 6.91. The number of rotatable bonds is 2. The summed E-state index contributed by atoms with van der Waals surface area (Å²) in [7, 11) is 0. The zero-order valence-electron chi connectivity index (χ0n) is 12.9. The fourth-order valence-corrected chi connectivity index (χ4v) is 3.67. The van der Waals surface area contributed by atoms with E-state index in [9.17, 15) is 5.11 Å². The first-order chi connectivity index (χ1) is 11.6. The Balaban J connectivity index is 1.75. The SMILES string of the molecule is O[C@@]1(c2ccccc2)C=CC(Br)=C[C@@]12OC[C@@H](c1ccccc1)O2. The molecule has 4 heteroatoms. The molecule has 1 saturated heterocycles. The van der Waals surface area contributed by atoms with Gasteiger partial charge in [-0.3, -0.25) is 0 Å². The summed E-state index contributed by atoms with van der Waals surface area (Å²) in [6.45, 7) is 0.379. The fourth-order valence-electron chi connectivity index (χ4n) is 3.23. The van der Waals surface area contributed by atoms with Crippen LogP contribution in [0.4, 0.5) is 0 Å². The molecule has 0 saturated carbocycles. The smallest absolute Gasteiger partial charge is 0.227 e. The van der Waals surface area contributed by atoms with Gasteiger partial charge in [-0.05, 0) is 29.4 Å². The van der Waals surface area contributed by atoms with Gasteiger partial charge in [0.05, 0.1) is 6.61 Å². The Hall–Kier alpha value is -1.72. The molecule has 1 heterocycles. The van der Waals surface area contributed by atoms with Crippen molar-refractivity contribution in [2.24, 2.45) is 0 Å². The van der Waals surface area contributed by atoms with Gasteiger partial charge in [-0.2, -0.15) is 0 Å². The number of benzene rings is 2. The van der Waals surface area contributed by atoms with E-state index in [1.807, 2.05) is 66.7 Å². The van der Waals surface area contributed by atoms with Crippen molar-refractivity contribution in [3.05, 3.63) is 94.5 Å². The summed E-state index contributed by atoms with van der Waals surface area (Å²) in [6, 6.07) is 19.4. The highest BCUT2D eigenvalue weighted by Crippen LogP contribution is 2.49. The van der Waals surface area contributed by atoms with E-state index < -0.39 is 11.4 Å². The zero-order chi connectivity index (χ0) is 16.6. The molecular formula is C20H17BrO3. The van der Waals surface area contributed by atoms with Gasteiger partial charge in [0.1, 0.15) is 6.10 Å². The molecule has 24 heavy (non-hydrogen) atoms. The molecule has 2 aliphatic rings. The molecular weight excluding hydrogens is 368 g/mol. The highest BCUT2D eigenvalue weighted by atomic mass is 79.9. The summed E-state index contributed by atoms with van der Waals surface area (Å²) < 4.78 is 13.2. The maximum Gasteiger partial charge on any atom is 0.227 e. The van der Waals surface area contributed by atoms with E-state index in [1.54, 1.807) is 12.2 Å². The predicted molar refractivity (Wildman–Crippen MR) is 95.4 cm³/mol. The van der Waals surface area contributed by atoms with E-state index >= 15 is 0 Å². The molecule has 0 aromatic heterocycles. The summed E-state index contributed by atoms with van der Waals surface area (Å²) in [6.07, 6.45) is 5.10. The van der Waals surface area contributed by atoms with E-state index in [-0.39, 0.29) is 6.10 Å². The van der Waals surface area contributed by atoms with Crippen molar-refractivity contribution < 1.29 is 14.6 Å². The van der Waals surface area contributed by atoms with Crippen molar-refractivity contribution in [2.75, 3.05) is 6.61 Å². The van der Waals surface area contributed by atoms with Crippen LogP contribution in [0.1, 0.15) is 17.2 Å². The van der Waals surface area contributed by atoms with Crippen LogP contribution in [0.5, 0.6) is 0 Å². The Morgan fingerprint density at radius 3 is 2.38 bits per heavy atom. The zero-order valence-corrected chi connectivity index (χ0v) is 14.5. The number of hydrogen-bond acceptors (Lipinski definition) is 3. The molecule has 0 radical (unpaired) electrons. The number of ether oxygens (including phenoxy) is 2. The third kappa shape index (κ3) is 2.47. The van der Waals surface area contributed by atoms with Gasteiger partial charge in [0.15, 0.2) is 5.60 Å². The normalized spacial score (nSPS) is 32.1. The maximum absolute atomic E-state index is 11.5. The molecule has 1 aliphatic heterocycles. The summed E-state index contributed by atoms with van der Waals surface area (Å²) in [5.74, 6) is -1.26. The van der Waals surface area contributed by atoms with Gasteiger partial charge < -0.3 is 14.6 Å². The van der Waals surface area contributed by atoms with Crippen molar-refractivity contribution in [1.82, 2.24) is 0 Å². The summed E-state index contributed by atoms with van der Waals surface area (Å²) in [4.78, 5) is 0. The lowest BCUT2D eigenvalue weighted by Crippen LogP contribution is -2.51. The van der Waals surface area contributed by atoms with Crippen molar-refractivity contribution in [3.63, 3.8) is 0 Å². The predicted octanol–water partition coefficient (Wildman–Crippen LogP) is 4.21. The van der Waals surface area contributed by atoms with Gasteiger partial charge in [-0.1, -0.05) is 76.6 Å². The molecule has 1 N–H and O–H groups in total. The van der Waals surface area contributed by atoms with Crippen LogP contribution in [0.2, 0.25) is 0 Å². The van der Waals surface area contributed by atoms with Crippen LogP contribution in [0.3, 0.4) is 0 Å². The molecule has 0 amide bonds. The lowest BCUT2D eigenvalue weighted by Gasteiger charge is -2.41. The minimum atomic E-state index is -1.39. The molecule has 0 unspecified atom stereocenters. The van der Waals surface area contributed by atoms with Crippen LogP contribution in [0.15, 0.2) is 83.4 Å². The average molecular weight is 385 g/mol. The third-order valence-electron chi connectivity index (χ3n) is 4.49. The van der Waals surface area contributed by atoms with Gasteiger partial charge in [0.2, 0.25) is 5.79 Å². The number of aliphatic hydroxyl groups is 1.